The number of nitrogens with zero attached hydrogens (tertiary/aromatic N) is 1. The van der Waals surface area contributed by atoms with E-state index in [0.29, 0.717) is 15.7 Å². The van der Waals surface area contributed by atoms with E-state index in [1.165, 1.54) is 6.07 Å². The highest BCUT2D eigenvalue weighted by Gasteiger charge is 2.03. The van der Waals surface area contributed by atoms with E-state index in [1.54, 1.807) is 18.2 Å². The number of hydrogen-bond acceptors (Lipinski definition) is 2. The fraction of sp³-hybridized carbons (Fsp3) is 0.111. The summed E-state index contributed by atoms with van der Waals surface area (Å²) < 4.78 is 0. The van der Waals surface area contributed by atoms with Crippen LogP contribution in [0.1, 0.15) is 6.42 Å². The van der Waals surface area contributed by atoms with Gasteiger partial charge in [-0.1, -0.05) is 23.2 Å². The summed E-state index contributed by atoms with van der Waals surface area (Å²) in [6.45, 7) is 0. The zero-order valence-electron chi connectivity index (χ0n) is 7.05. The third-order valence-electron chi connectivity index (χ3n) is 1.44. The number of rotatable bonds is 2. The SMILES string of the molecule is N#CCC(=O)Nc1ccc(Cl)c(Cl)c1. The van der Waals surface area contributed by atoms with E-state index in [2.05, 4.69) is 5.32 Å². The van der Waals surface area contributed by atoms with Crippen molar-refractivity contribution in [1.29, 1.82) is 5.26 Å². The van der Waals surface area contributed by atoms with Crippen LogP contribution in [-0.4, -0.2) is 5.91 Å². The first-order valence-corrected chi connectivity index (χ1v) is 4.51. The lowest BCUT2D eigenvalue weighted by molar-refractivity contribution is -0.115. The van der Waals surface area contributed by atoms with E-state index < -0.39 is 0 Å². The topological polar surface area (TPSA) is 52.9 Å². The molecule has 0 saturated carbocycles. The minimum absolute atomic E-state index is 0.180. The van der Waals surface area contributed by atoms with Crippen LogP contribution in [-0.2, 0) is 4.79 Å². The van der Waals surface area contributed by atoms with Crippen LogP contribution in [0, 0.1) is 11.3 Å². The molecule has 0 atom stereocenters. The molecule has 3 nitrogen and oxygen atoms in total. The van der Waals surface area contributed by atoms with Crippen molar-refractivity contribution in [3.63, 3.8) is 0 Å². The lowest BCUT2D eigenvalue weighted by atomic mass is 10.3. The standard InChI is InChI=1S/C9H6Cl2N2O/c10-7-2-1-6(5-8(7)11)13-9(14)3-4-12/h1-2,5H,3H2,(H,13,14). The van der Waals surface area contributed by atoms with Gasteiger partial charge in [0.05, 0.1) is 16.1 Å². The van der Waals surface area contributed by atoms with Gasteiger partial charge in [0.15, 0.2) is 0 Å². The fourth-order valence-corrected chi connectivity index (χ4v) is 1.15. The average Bonchev–Trinajstić information content (AvgIpc) is 2.12. The summed E-state index contributed by atoms with van der Waals surface area (Å²) in [5.74, 6) is -0.370. The van der Waals surface area contributed by atoms with E-state index in [4.69, 9.17) is 28.5 Å². The highest BCUT2D eigenvalue weighted by molar-refractivity contribution is 6.42. The molecule has 1 rings (SSSR count). The lowest BCUT2D eigenvalue weighted by Crippen LogP contribution is -2.09. The second kappa shape index (κ2) is 4.85. The van der Waals surface area contributed by atoms with Gasteiger partial charge in [0.25, 0.3) is 0 Å². The second-order valence-corrected chi connectivity index (χ2v) is 3.33. The molecular formula is C9H6Cl2N2O. The summed E-state index contributed by atoms with van der Waals surface area (Å²) in [4.78, 5) is 11.0. The van der Waals surface area contributed by atoms with E-state index in [9.17, 15) is 4.79 Å². The van der Waals surface area contributed by atoms with E-state index in [1.807, 2.05) is 0 Å². The number of anilines is 1. The average molecular weight is 229 g/mol. The molecule has 0 spiro atoms. The monoisotopic (exact) mass is 228 g/mol. The number of carbonyl (C=O) groups is 1. The van der Waals surface area contributed by atoms with Gasteiger partial charge in [0, 0.05) is 5.69 Å². The normalized spacial score (nSPS) is 9.21. The predicted octanol–water partition coefficient (Wildman–Crippen LogP) is 2.85. The number of halogens is 2. The molecule has 0 bridgehead atoms. The molecule has 1 amide bonds. The number of nitriles is 1. The number of amides is 1. The first-order chi connectivity index (χ1) is 6.63. The van der Waals surface area contributed by atoms with E-state index in [0.717, 1.165) is 0 Å². The number of benzene rings is 1. The highest BCUT2D eigenvalue weighted by Crippen LogP contribution is 2.24. The number of hydrogen-bond donors (Lipinski definition) is 1. The van der Waals surface area contributed by atoms with Crippen LogP contribution in [0.4, 0.5) is 5.69 Å². The van der Waals surface area contributed by atoms with Gasteiger partial charge in [-0.2, -0.15) is 5.26 Å². The van der Waals surface area contributed by atoms with Gasteiger partial charge in [-0.15, -0.1) is 0 Å². The van der Waals surface area contributed by atoms with Crippen molar-refractivity contribution in [1.82, 2.24) is 0 Å². The maximum Gasteiger partial charge on any atom is 0.238 e. The van der Waals surface area contributed by atoms with Crippen molar-refractivity contribution in [2.45, 2.75) is 6.42 Å². The molecule has 0 aliphatic carbocycles. The highest BCUT2D eigenvalue weighted by atomic mass is 35.5. The summed E-state index contributed by atoms with van der Waals surface area (Å²) in [7, 11) is 0. The molecule has 1 aromatic carbocycles. The van der Waals surface area contributed by atoms with Gasteiger partial charge < -0.3 is 5.32 Å². The summed E-state index contributed by atoms with van der Waals surface area (Å²) in [6.07, 6.45) is -0.180. The molecule has 0 heterocycles. The fourth-order valence-electron chi connectivity index (χ4n) is 0.851. The molecule has 14 heavy (non-hydrogen) atoms. The zero-order valence-corrected chi connectivity index (χ0v) is 8.56. The third kappa shape index (κ3) is 2.91. The Hall–Kier alpha value is -1.24. The van der Waals surface area contributed by atoms with Crippen LogP contribution in [0.5, 0.6) is 0 Å². The summed E-state index contributed by atoms with van der Waals surface area (Å²) >= 11 is 11.4. The first kappa shape index (κ1) is 10.8. The number of nitrogens with one attached hydrogen (secondary N) is 1. The molecule has 1 aromatic rings. The molecule has 0 aromatic heterocycles. The van der Waals surface area contributed by atoms with Crippen molar-refractivity contribution in [3.05, 3.63) is 28.2 Å². The molecule has 0 aliphatic heterocycles. The predicted molar refractivity (Wildman–Crippen MR) is 55.3 cm³/mol. The lowest BCUT2D eigenvalue weighted by Gasteiger charge is -2.03. The van der Waals surface area contributed by atoms with Crippen LogP contribution in [0.2, 0.25) is 10.0 Å². The Kier molecular flexibility index (Phi) is 3.75. The molecule has 1 N–H and O–H groups in total. The minimum atomic E-state index is -0.370. The molecule has 0 aliphatic rings. The van der Waals surface area contributed by atoms with E-state index in [-0.39, 0.29) is 12.3 Å². The van der Waals surface area contributed by atoms with Gasteiger partial charge in [0.1, 0.15) is 6.42 Å². The van der Waals surface area contributed by atoms with Crippen molar-refractivity contribution in [2.24, 2.45) is 0 Å². The Morgan fingerprint density at radius 2 is 2.14 bits per heavy atom. The summed E-state index contributed by atoms with van der Waals surface area (Å²) in [5.41, 5.74) is 0.527. The quantitative estimate of drug-likeness (QED) is 0.847. The van der Waals surface area contributed by atoms with Crippen molar-refractivity contribution in [2.75, 3.05) is 5.32 Å². The van der Waals surface area contributed by atoms with Gasteiger partial charge in [-0.3, -0.25) is 4.79 Å². The number of carbonyl (C=O) groups excluding carboxylic acids is 1. The Balaban J connectivity index is 2.74. The van der Waals surface area contributed by atoms with Gasteiger partial charge in [-0.05, 0) is 18.2 Å². The van der Waals surface area contributed by atoms with Gasteiger partial charge >= 0.3 is 0 Å². The minimum Gasteiger partial charge on any atom is -0.325 e. The molecule has 0 saturated heterocycles. The van der Waals surface area contributed by atoms with Crippen molar-refractivity contribution in [3.8, 4) is 6.07 Å². The van der Waals surface area contributed by atoms with Crippen LogP contribution in [0.15, 0.2) is 18.2 Å². The third-order valence-corrected chi connectivity index (χ3v) is 2.18. The zero-order chi connectivity index (χ0) is 10.6. The molecule has 0 fully saturated rings. The maximum absolute atomic E-state index is 11.0. The summed E-state index contributed by atoms with van der Waals surface area (Å²) in [6, 6.07) is 6.46. The molecule has 0 radical (unpaired) electrons. The molecule has 0 unspecified atom stereocenters. The largest absolute Gasteiger partial charge is 0.325 e. The smallest absolute Gasteiger partial charge is 0.238 e. The Labute approximate surface area is 91.2 Å². The van der Waals surface area contributed by atoms with Crippen LogP contribution in [0.25, 0.3) is 0 Å². The van der Waals surface area contributed by atoms with Crippen molar-refractivity contribution >= 4 is 34.8 Å². The van der Waals surface area contributed by atoms with Crippen molar-refractivity contribution < 1.29 is 4.79 Å². The van der Waals surface area contributed by atoms with Crippen LogP contribution >= 0.6 is 23.2 Å². The molecular weight excluding hydrogens is 223 g/mol. The first-order valence-electron chi connectivity index (χ1n) is 3.75. The van der Waals surface area contributed by atoms with Crippen LogP contribution < -0.4 is 5.32 Å². The van der Waals surface area contributed by atoms with Crippen LogP contribution in [0.3, 0.4) is 0 Å². The Bertz CT molecular complexity index is 398. The Morgan fingerprint density at radius 3 is 2.71 bits per heavy atom. The van der Waals surface area contributed by atoms with Gasteiger partial charge in [0.2, 0.25) is 5.91 Å². The molecule has 5 heteroatoms. The van der Waals surface area contributed by atoms with E-state index >= 15 is 0 Å². The maximum atomic E-state index is 11.0. The second-order valence-electron chi connectivity index (χ2n) is 2.51. The van der Waals surface area contributed by atoms with Gasteiger partial charge in [-0.25, -0.2) is 0 Å². The summed E-state index contributed by atoms with van der Waals surface area (Å²) in [5, 5.41) is 11.5. The molecule has 72 valence electrons. The Morgan fingerprint density at radius 1 is 1.43 bits per heavy atom.